The summed E-state index contributed by atoms with van der Waals surface area (Å²) in [7, 11) is 0. The van der Waals surface area contributed by atoms with Crippen LogP contribution in [0.4, 0.5) is 28.9 Å². The van der Waals surface area contributed by atoms with Crippen molar-refractivity contribution in [1.82, 2.24) is 0 Å². The average molecular weight is 280 g/mol. The summed E-state index contributed by atoms with van der Waals surface area (Å²) in [4.78, 5) is 0. The highest BCUT2D eigenvalue weighted by Gasteiger charge is 2.33. The summed E-state index contributed by atoms with van der Waals surface area (Å²) >= 11 is 0. The third-order valence-electron chi connectivity index (χ3n) is 2.63. The quantitative estimate of drug-likeness (QED) is 0.824. The highest BCUT2D eigenvalue weighted by Crippen LogP contribution is 2.36. The van der Waals surface area contributed by atoms with Crippen molar-refractivity contribution in [2.45, 2.75) is 6.18 Å². The number of rotatable bonds is 2. The minimum absolute atomic E-state index is 0.0100. The third kappa shape index (κ3) is 2.72. The zero-order valence-electron chi connectivity index (χ0n) is 10.0. The molecule has 1 N–H and O–H groups in total. The number of hydrogen-bond acceptors (Lipinski definition) is 2. The number of benzene rings is 2. The minimum atomic E-state index is -4.54. The Hall–Kier alpha value is -2.55. The van der Waals surface area contributed by atoms with E-state index in [1.54, 1.807) is 6.07 Å². The molecule has 0 saturated heterocycles. The van der Waals surface area contributed by atoms with E-state index in [-0.39, 0.29) is 16.9 Å². The lowest BCUT2D eigenvalue weighted by atomic mass is 10.1. The first kappa shape index (κ1) is 13.9. The largest absolute Gasteiger partial charge is 0.418 e. The fourth-order valence-corrected chi connectivity index (χ4v) is 1.73. The Morgan fingerprint density at radius 2 is 1.60 bits per heavy atom. The number of para-hydroxylation sites is 1. The average Bonchev–Trinajstić information content (AvgIpc) is 2.38. The molecule has 0 saturated carbocycles. The molecule has 0 aliphatic rings. The Kier molecular flexibility index (Phi) is 3.61. The molecule has 0 amide bonds. The molecule has 0 bridgehead atoms. The molecule has 0 aliphatic heterocycles. The van der Waals surface area contributed by atoms with E-state index in [1.165, 1.54) is 30.3 Å². The topological polar surface area (TPSA) is 35.8 Å². The van der Waals surface area contributed by atoms with Gasteiger partial charge < -0.3 is 5.32 Å². The van der Waals surface area contributed by atoms with Crippen LogP contribution in [0.15, 0.2) is 42.5 Å². The lowest BCUT2D eigenvalue weighted by molar-refractivity contribution is -0.136. The Labute approximate surface area is 112 Å². The molecule has 20 heavy (non-hydrogen) atoms. The van der Waals surface area contributed by atoms with Crippen molar-refractivity contribution in [2.24, 2.45) is 0 Å². The number of alkyl halides is 3. The SMILES string of the molecule is N#Cc1c(F)cccc1Nc1ccccc1C(F)(F)F. The van der Waals surface area contributed by atoms with E-state index >= 15 is 0 Å². The zero-order chi connectivity index (χ0) is 14.8. The van der Waals surface area contributed by atoms with E-state index in [9.17, 15) is 17.6 Å². The fourth-order valence-electron chi connectivity index (χ4n) is 1.73. The van der Waals surface area contributed by atoms with Gasteiger partial charge in [-0.25, -0.2) is 4.39 Å². The number of anilines is 2. The predicted molar refractivity (Wildman–Crippen MR) is 65.8 cm³/mol. The van der Waals surface area contributed by atoms with Gasteiger partial charge in [-0.15, -0.1) is 0 Å². The number of hydrogen-bond donors (Lipinski definition) is 1. The van der Waals surface area contributed by atoms with Crippen molar-refractivity contribution in [3.8, 4) is 6.07 Å². The molecular formula is C14H8F4N2. The van der Waals surface area contributed by atoms with Crippen molar-refractivity contribution >= 4 is 11.4 Å². The van der Waals surface area contributed by atoms with Crippen LogP contribution in [0.5, 0.6) is 0 Å². The van der Waals surface area contributed by atoms with Gasteiger partial charge in [-0.3, -0.25) is 0 Å². The standard InChI is InChI=1S/C14H8F4N2/c15-11-5-3-7-12(9(11)8-19)20-13-6-2-1-4-10(13)14(16,17)18/h1-7,20H. The van der Waals surface area contributed by atoms with Crippen LogP contribution in [0.1, 0.15) is 11.1 Å². The Balaban J connectivity index is 2.47. The van der Waals surface area contributed by atoms with Crippen molar-refractivity contribution in [3.63, 3.8) is 0 Å². The molecule has 2 aromatic rings. The fraction of sp³-hybridized carbons (Fsp3) is 0.0714. The second-order valence-corrected chi connectivity index (χ2v) is 3.94. The first-order valence-electron chi connectivity index (χ1n) is 5.55. The molecule has 0 unspecified atom stereocenters. The van der Waals surface area contributed by atoms with Gasteiger partial charge in [0, 0.05) is 0 Å². The predicted octanol–water partition coefficient (Wildman–Crippen LogP) is 4.46. The molecule has 102 valence electrons. The Bertz CT molecular complexity index is 672. The Morgan fingerprint density at radius 1 is 0.950 bits per heavy atom. The summed E-state index contributed by atoms with van der Waals surface area (Å²) in [5, 5.41) is 11.3. The number of halogens is 4. The molecule has 0 atom stereocenters. The van der Waals surface area contributed by atoms with Crippen molar-refractivity contribution < 1.29 is 17.6 Å². The van der Waals surface area contributed by atoms with E-state index < -0.39 is 17.6 Å². The normalized spacial score (nSPS) is 10.9. The van der Waals surface area contributed by atoms with Gasteiger partial charge in [0.15, 0.2) is 0 Å². The minimum Gasteiger partial charge on any atom is -0.354 e. The maximum Gasteiger partial charge on any atom is 0.418 e. The summed E-state index contributed by atoms with van der Waals surface area (Å²) < 4.78 is 51.9. The van der Waals surface area contributed by atoms with Gasteiger partial charge in [-0.1, -0.05) is 18.2 Å². The van der Waals surface area contributed by atoms with Crippen LogP contribution in [-0.2, 0) is 6.18 Å². The first-order chi connectivity index (χ1) is 9.43. The van der Waals surface area contributed by atoms with Crippen LogP contribution in [0.25, 0.3) is 0 Å². The maximum absolute atomic E-state index is 13.4. The van der Waals surface area contributed by atoms with Crippen LogP contribution in [0, 0.1) is 17.1 Å². The highest BCUT2D eigenvalue weighted by molar-refractivity contribution is 5.69. The van der Waals surface area contributed by atoms with Gasteiger partial charge in [-0.2, -0.15) is 18.4 Å². The maximum atomic E-state index is 13.4. The summed E-state index contributed by atoms with van der Waals surface area (Å²) in [6.45, 7) is 0. The molecule has 0 spiro atoms. The van der Waals surface area contributed by atoms with Gasteiger partial charge in [0.05, 0.1) is 16.9 Å². The van der Waals surface area contributed by atoms with Gasteiger partial charge in [0.2, 0.25) is 0 Å². The molecule has 2 nitrogen and oxygen atoms in total. The summed E-state index contributed by atoms with van der Waals surface area (Å²) in [6, 6.07) is 10.2. The summed E-state index contributed by atoms with van der Waals surface area (Å²) in [5.41, 5.74) is -1.45. The number of nitrogens with zero attached hydrogens (tertiary/aromatic N) is 1. The van der Waals surface area contributed by atoms with E-state index in [0.29, 0.717) is 0 Å². The highest BCUT2D eigenvalue weighted by atomic mass is 19.4. The number of nitriles is 1. The molecule has 0 fully saturated rings. The van der Waals surface area contributed by atoms with Crippen LogP contribution < -0.4 is 5.32 Å². The van der Waals surface area contributed by atoms with Gasteiger partial charge in [-0.05, 0) is 24.3 Å². The van der Waals surface area contributed by atoms with E-state index in [0.717, 1.165) is 12.1 Å². The van der Waals surface area contributed by atoms with Gasteiger partial charge >= 0.3 is 6.18 Å². The molecule has 2 rings (SSSR count). The second kappa shape index (κ2) is 5.21. The molecule has 0 aromatic heterocycles. The van der Waals surface area contributed by atoms with Gasteiger partial charge in [0.25, 0.3) is 0 Å². The summed E-state index contributed by atoms with van der Waals surface area (Å²) in [6.07, 6.45) is -4.54. The van der Waals surface area contributed by atoms with Crippen LogP contribution in [-0.4, -0.2) is 0 Å². The summed E-state index contributed by atoms with van der Waals surface area (Å²) in [5.74, 6) is -0.790. The Morgan fingerprint density at radius 3 is 2.25 bits per heavy atom. The lowest BCUT2D eigenvalue weighted by Gasteiger charge is -2.15. The zero-order valence-corrected chi connectivity index (χ0v) is 10.0. The molecule has 6 heteroatoms. The van der Waals surface area contributed by atoms with Crippen LogP contribution in [0.2, 0.25) is 0 Å². The second-order valence-electron chi connectivity index (χ2n) is 3.94. The van der Waals surface area contributed by atoms with Crippen LogP contribution in [0.3, 0.4) is 0 Å². The molecular weight excluding hydrogens is 272 g/mol. The molecule has 0 heterocycles. The van der Waals surface area contributed by atoms with E-state index in [4.69, 9.17) is 5.26 Å². The number of nitrogens with one attached hydrogen (secondary N) is 1. The monoisotopic (exact) mass is 280 g/mol. The lowest BCUT2D eigenvalue weighted by Crippen LogP contribution is -2.09. The van der Waals surface area contributed by atoms with Crippen LogP contribution >= 0.6 is 0 Å². The molecule has 2 aromatic carbocycles. The smallest absolute Gasteiger partial charge is 0.354 e. The van der Waals surface area contributed by atoms with Crippen molar-refractivity contribution in [2.75, 3.05) is 5.32 Å². The van der Waals surface area contributed by atoms with Crippen molar-refractivity contribution in [3.05, 3.63) is 59.4 Å². The third-order valence-corrected chi connectivity index (χ3v) is 2.63. The van der Waals surface area contributed by atoms with Gasteiger partial charge in [0.1, 0.15) is 17.4 Å². The first-order valence-corrected chi connectivity index (χ1v) is 5.55. The molecule has 0 radical (unpaired) electrons. The van der Waals surface area contributed by atoms with E-state index in [2.05, 4.69) is 5.32 Å². The van der Waals surface area contributed by atoms with Crippen molar-refractivity contribution in [1.29, 1.82) is 5.26 Å². The molecule has 0 aliphatic carbocycles. The van der Waals surface area contributed by atoms with E-state index in [1.807, 2.05) is 0 Å².